The molecule has 3 aliphatic rings. The molecule has 11 amide bonds. The van der Waals surface area contributed by atoms with E-state index in [0.29, 0.717) is 58.7 Å². The van der Waals surface area contributed by atoms with Crippen LogP contribution in [0.5, 0.6) is 0 Å². The quantitative estimate of drug-likeness (QED) is 0.0257. The van der Waals surface area contributed by atoms with Crippen LogP contribution in [-0.2, 0) is 89.6 Å². The fourth-order valence-electron chi connectivity index (χ4n) is 11.8. The first-order chi connectivity index (χ1) is 47.4. The molecule has 2 bridgehead atoms. The predicted molar refractivity (Wildman–Crippen MR) is 357 cm³/mol. The maximum atomic E-state index is 15.0. The molecule has 3 aromatic heterocycles. The summed E-state index contributed by atoms with van der Waals surface area (Å²) in [5.41, 5.74) is 9.15. The Morgan fingerprint density at radius 1 is 0.673 bits per heavy atom. The number of nitrogens with one attached hydrogen (secondary N) is 12. The number of rotatable bonds is 25. The number of primary amides is 1. The molecular formula is C66H85FN16O14S. The fraction of sp³-hybridized carbons (Fsp3) is 0.485. The van der Waals surface area contributed by atoms with E-state index in [1.54, 1.807) is 24.5 Å². The lowest BCUT2D eigenvalue weighted by Gasteiger charge is -2.27. The number of nitrogens with two attached hydrogens (primary N) is 1. The second-order valence-electron chi connectivity index (χ2n) is 24.4. The number of H-pyrrole nitrogens is 2. The molecule has 2 fully saturated rings. The lowest BCUT2D eigenvalue weighted by molar-refractivity contribution is -0.136. The summed E-state index contributed by atoms with van der Waals surface area (Å²) in [5, 5.41) is 48.0. The normalized spacial score (nSPS) is 23.2. The number of urea groups is 1. The number of para-hydroxylation sites is 2. The van der Waals surface area contributed by atoms with Gasteiger partial charge in [0.05, 0.1) is 57.4 Å². The van der Waals surface area contributed by atoms with Crippen LogP contribution >= 0.6 is 11.8 Å². The number of nitrogens with zero attached hydrogens (tertiary/aromatic N) is 3. The van der Waals surface area contributed by atoms with Crippen molar-refractivity contribution < 1.29 is 71.7 Å². The summed E-state index contributed by atoms with van der Waals surface area (Å²) >= 11 is 1.84. The molecule has 32 heteroatoms. The van der Waals surface area contributed by atoms with E-state index in [2.05, 4.69) is 73.4 Å². The summed E-state index contributed by atoms with van der Waals surface area (Å²) in [6, 6.07) is 9.76. The second-order valence-corrected chi connectivity index (χ2v) is 25.6. The summed E-state index contributed by atoms with van der Waals surface area (Å²) in [5.74, 6) is -6.71. The van der Waals surface area contributed by atoms with Crippen molar-refractivity contribution in [2.24, 2.45) is 5.73 Å². The molecule has 0 spiro atoms. The van der Waals surface area contributed by atoms with Gasteiger partial charge in [-0.1, -0.05) is 60.2 Å². The Morgan fingerprint density at radius 3 is 1.94 bits per heavy atom. The molecule has 15 N–H and O–H groups in total. The van der Waals surface area contributed by atoms with Gasteiger partial charge in [0, 0.05) is 96.6 Å². The molecule has 0 unspecified atom stereocenters. The third kappa shape index (κ3) is 21.3. The Bertz CT molecular complexity index is 3740. The Labute approximate surface area is 567 Å². The van der Waals surface area contributed by atoms with Crippen LogP contribution < -0.4 is 58.9 Å². The van der Waals surface area contributed by atoms with Gasteiger partial charge in [-0.05, 0) is 80.0 Å². The lowest BCUT2D eigenvalue weighted by atomic mass is 10.00. The first kappa shape index (κ1) is 72.8. The maximum Gasteiger partial charge on any atom is 0.315 e. The number of hydrogen-bond donors (Lipinski definition) is 14. The number of unbranched alkanes of at least 4 members (excludes halogenated alkanes) is 1. The van der Waals surface area contributed by atoms with Gasteiger partial charge in [0.2, 0.25) is 53.2 Å². The summed E-state index contributed by atoms with van der Waals surface area (Å²) in [4.78, 5) is 144. The minimum Gasteiger partial charge on any atom is -0.394 e. The monoisotopic (exact) mass is 1380 g/mol. The van der Waals surface area contributed by atoms with Crippen molar-refractivity contribution in [1.29, 1.82) is 0 Å². The van der Waals surface area contributed by atoms with Crippen molar-refractivity contribution >= 4 is 92.8 Å². The van der Waals surface area contributed by atoms with Gasteiger partial charge in [0.1, 0.15) is 54.7 Å². The first-order valence-electron chi connectivity index (χ1n) is 32.8. The molecule has 10 atom stereocenters. The van der Waals surface area contributed by atoms with E-state index < -0.39 is 109 Å². The topological polar surface area (TPSA) is 427 Å². The predicted octanol–water partition coefficient (Wildman–Crippen LogP) is -0.383. The minimum absolute atomic E-state index is 0.0262. The van der Waals surface area contributed by atoms with Gasteiger partial charge in [-0.2, -0.15) is 11.8 Å². The van der Waals surface area contributed by atoms with Crippen LogP contribution in [0.1, 0.15) is 74.3 Å². The number of aromatic nitrogens is 5. The van der Waals surface area contributed by atoms with Gasteiger partial charge in [-0.15, -0.1) is 5.10 Å². The van der Waals surface area contributed by atoms with Crippen LogP contribution in [0.3, 0.4) is 0 Å². The molecule has 3 aliphatic heterocycles. The zero-order valence-electron chi connectivity index (χ0n) is 54.2. The molecule has 2 saturated heterocycles. The third-order valence-electron chi connectivity index (χ3n) is 17.1. The van der Waals surface area contributed by atoms with E-state index >= 15 is 0 Å². The van der Waals surface area contributed by atoms with Crippen LogP contribution in [0.15, 0.2) is 91.4 Å². The molecule has 526 valence electrons. The number of ether oxygens (including phenoxy) is 3. The summed E-state index contributed by atoms with van der Waals surface area (Å²) in [6.45, 7) is 1.10. The second kappa shape index (κ2) is 36.2. The standard InChI is InChI=1S/C66H85FN16O14S/c1-38-60(88)75-50(29-40-32-70-46-12-4-2-10-44(40)46)62(90)77-51(30-41-33-71-47-13-5-3-11-45(41)47)63(91)76-49(28-39-17-19-42(67)20-18-39)61(89)74-48(59(68)87)14-8-9-22-83-34-43(81-82-83)31-52(64(92)78-53(35-84)65(93)72-38)73-57(86)36-97-27-26-96-25-24-95-23-21-69-56(85)16-7-6-15-55-58-54(37-98-55)79-66(94)80-58/h2-5,10-13,17-20,32-34,38,48-55,58,70-71,84H,6-9,14-16,21-31,35-37H2,1H3,(H2,68,87)(H,69,85)(H,72,93)(H,73,86)(H,74,89)(H,75,88)(H,76,91)(H,77,90)(H,78,92)(H2,79,80,94)/t38-,48+,49+,50-,51-,52+,53-,54+,55+,58+/m1/s1. The van der Waals surface area contributed by atoms with Crippen LogP contribution in [0.2, 0.25) is 0 Å². The highest BCUT2D eigenvalue weighted by Gasteiger charge is 2.43. The van der Waals surface area contributed by atoms with Crippen molar-refractivity contribution in [2.75, 3.05) is 58.5 Å². The Morgan fingerprint density at radius 2 is 1.28 bits per heavy atom. The molecule has 0 aliphatic carbocycles. The van der Waals surface area contributed by atoms with E-state index in [0.717, 1.165) is 35.9 Å². The maximum absolute atomic E-state index is 15.0. The largest absolute Gasteiger partial charge is 0.394 e. The summed E-state index contributed by atoms with van der Waals surface area (Å²) in [7, 11) is 0. The number of aryl methyl sites for hydroxylation is 1. The average Bonchev–Trinajstić information content (AvgIpc) is 1.66. The Hall–Kier alpha value is -9.50. The van der Waals surface area contributed by atoms with E-state index in [-0.39, 0.29) is 101 Å². The zero-order chi connectivity index (χ0) is 69.5. The number of carbonyl (C=O) groups excluding carboxylic acids is 10. The van der Waals surface area contributed by atoms with Gasteiger partial charge in [-0.3, -0.25) is 47.8 Å². The highest BCUT2D eigenvalue weighted by Crippen LogP contribution is 2.33. The van der Waals surface area contributed by atoms with Crippen molar-refractivity contribution in [3.8, 4) is 0 Å². The number of aliphatic hydroxyl groups is 1. The van der Waals surface area contributed by atoms with E-state index in [4.69, 9.17) is 19.9 Å². The van der Waals surface area contributed by atoms with Gasteiger partial charge < -0.3 is 88.2 Å². The number of amides is 11. The van der Waals surface area contributed by atoms with Gasteiger partial charge in [0.25, 0.3) is 0 Å². The number of hydrogen-bond acceptors (Lipinski definition) is 17. The first-order valence-corrected chi connectivity index (χ1v) is 33.9. The van der Waals surface area contributed by atoms with Crippen molar-refractivity contribution in [3.63, 3.8) is 0 Å². The number of benzene rings is 3. The van der Waals surface area contributed by atoms with Gasteiger partial charge in [-0.25, -0.2) is 9.18 Å². The Balaban J connectivity index is 0.846. The molecule has 9 rings (SSSR count). The molecule has 0 radical (unpaired) electrons. The van der Waals surface area contributed by atoms with Gasteiger partial charge in [0.15, 0.2) is 0 Å². The van der Waals surface area contributed by atoms with Crippen molar-refractivity contribution in [3.05, 3.63) is 120 Å². The highest BCUT2D eigenvalue weighted by atomic mass is 32.2. The lowest BCUT2D eigenvalue weighted by Crippen LogP contribution is -2.60. The fourth-order valence-corrected chi connectivity index (χ4v) is 13.4. The molecule has 30 nitrogen and oxygen atoms in total. The number of aliphatic hydroxyl groups excluding tert-OH is 1. The number of fused-ring (bicyclic) bond motifs is 5. The van der Waals surface area contributed by atoms with Crippen LogP contribution in [0.25, 0.3) is 21.8 Å². The van der Waals surface area contributed by atoms with Gasteiger partial charge >= 0.3 is 6.03 Å². The van der Waals surface area contributed by atoms with Crippen molar-refractivity contribution in [2.45, 2.75) is 144 Å². The molecular weight excluding hydrogens is 1290 g/mol. The third-order valence-corrected chi connectivity index (χ3v) is 18.6. The summed E-state index contributed by atoms with van der Waals surface area (Å²) in [6.07, 6.45) is 7.68. The van der Waals surface area contributed by atoms with E-state index in [9.17, 15) is 57.4 Å². The zero-order valence-corrected chi connectivity index (χ0v) is 55.1. The molecule has 98 heavy (non-hydrogen) atoms. The smallest absolute Gasteiger partial charge is 0.315 e. The average molecular weight is 1380 g/mol. The number of aromatic amines is 2. The van der Waals surface area contributed by atoms with Crippen LogP contribution in [-0.4, -0.2) is 207 Å². The molecule has 0 saturated carbocycles. The minimum atomic E-state index is -1.69. The van der Waals surface area contributed by atoms with E-state index in [1.165, 1.54) is 42.1 Å². The highest BCUT2D eigenvalue weighted by molar-refractivity contribution is 8.00. The molecule has 3 aromatic carbocycles. The number of halogens is 1. The van der Waals surface area contributed by atoms with Crippen LogP contribution in [0.4, 0.5) is 9.18 Å². The van der Waals surface area contributed by atoms with Crippen LogP contribution in [0, 0.1) is 5.82 Å². The van der Waals surface area contributed by atoms with E-state index in [1.807, 2.05) is 48.2 Å². The Kier molecular flexibility index (Phi) is 26.9. The molecule has 6 aromatic rings. The molecule has 6 heterocycles. The SMILES string of the molecule is C[C@H]1NC(=O)[C@@H](CO)NC(=O)[C@@H](NC(=O)COCCOCCOCCNC(=O)CCCC[C@@H]2SC[C@@H]3NC(=O)N[C@@H]32)Cc2cn(nn2)CCCC[C@@H](C(N)=O)NC(=O)[C@H](Cc2ccc(F)cc2)NC(=O)[C@@H](Cc2c[nH]c3ccccc23)NC(=O)[C@@H](Cc2c[nH]c3ccccc23)NC1=O. The van der Waals surface area contributed by atoms with Crippen molar-refractivity contribution in [1.82, 2.24) is 78.1 Å². The number of carbonyl (C=O) groups is 10. The summed E-state index contributed by atoms with van der Waals surface area (Å²) < 4.78 is 32.4. The number of thioether (sulfide) groups is 1.